The van der Waals surface area contributed by atoms with E-state index < -0.39 is 15.9 Å². The van der Waals surface area contributed by atoms with Crippen LogP contribution in [0.15, 0.2) is 54.6 Å². The number of hydrogen-bond donors (Lipinski definition) is 0. The lowest BCUT2D eigenvalue weighted by molar-refractivity contribution is 0.218. The maximum atomic E-state index is 13.4. The quantitative estimate of drug-likeness (QED) is 0.157. The molecule has 0 atom stereocenters. The minimum atomic E-state index is -3.31. The molecule has 0 radical (unpaired) electrons. The minimum absolute atomic E-state index is 0.145. The lowest BCUT2D eigenvalue weighted by Crippen LogP contribution is -2.40. The smallest absolute Gasteiger partial charge is 0.336 e. The van der Waals surface area contributed by atoms with E-state index in [-0.39, 0.29) is 11.2 Å². The number of benzene rings is 2. The highest BCUT2D eigenvalue weighted by Crippen LogP contribution is 2.51. The average molecular weight is 559 g/mol. The Morgan fingerprint density at radius 1 is 0.947 bits per heavy atom. The molecule has 0 fully saturated rings. The molecule has 38 heavy (non-hydrogen) atoms. The average Bonchev–Trinajstić information content (AvgIpc) is 3.24. The third-order valence-corrected chi connectivity index (χ3v) is 13.5. The summed E-state index contributed by atoms with van der Waals surface area (Å²) in [6.07, 6.45) is 0.145. The van der Waals surface area contributed by atoms with Crippen LogP contribution in [-0.2, 0) is 37.4 Å². The van der Waals surface area contributed by atoms with Crippen LogP contribution in [-0.4, -0.2) is 38.4 Å². The third kappa shape index (κ3) is 7.90. The van der Waals surface area contributed by atoms with Crippen molar-refractivity contribution < 1.29 is 22.8 Å². The van der Waals surface area contributed by atoms with E-state index in [1.807, 2.05) is 61.0 Å². The summed E-state index contributed by atoms with van der Waals surface area (Å²) in [5.41, 5.74) is 4.75. The molecule has 0 unspecified atom stereocenters. The van der Waals surface area contributed by atoms with Crippen LogP contribution >= 0.6 is 7.60 Å². The van der Waals surface area contributed by atoms with Crippen molar-refractivity contribution in [2.24, 2.45) is 0 Å². The second-order valence-corrected chi connectivity index (χ2v) is 17.7. The predicted molar refractivity (Wildman–Crippen MR) is 156 cm³/mol. The van der Waals surface area contributed by atoms with Gasteiger partial charge >= 0.3 is 7.60 Å². The summed E-state index contributed by atoms with van der Waals surface area (Å²) in [6.45, 7) is 16.6. The highest BCUT2D eigenvalue weighted by Gasteiger charge is 2.37. The van der Waals surface area contributed by atoms with Crippen molar-refractivity contribution in [2.75, 3.05) is 20.3 Å². The molecule has 2 aromatic carbocycles. The molecule has 0 amide bonds. The van der Waals surface area contributed by atoms with E-state index in [1.54, 1.807) is 7.11 Å². The Kier molecular flexibility index (Phi) is 10.2. The summed E-state index contributed by atoms with van der Waals surface area (Å²) in [4.78, 5) is 0. The molecular formula is C29H43N2O5PSi. The van der Waals surface area contributed by atoms with Gasteiger partial charge in [-0.15, -0.1) is 0 Å². The molecule has 0 bridgehead atoms. The van der Waals surface area contributed by atoms with Crippen LogP contribution in [0.2, 0.25) is 18.1 Å². The molecule has 3 aromatic rings. The first-order chi connectivity index (χ1) is 17.9. The number of nitrogens with zero attached hydrogens (tertiary/aromatic N) is 2. The van der Waals surface area contributed by atoms with Crippen LogP contribution in [0.1, 0.15) is 51.4 Å². The summed E-state index contributed by atoms with van der Waals surface area (Å²) in [7, 11) is -3.53. The van der Waals surface area contributed by atoms with Crippen molar-refractivity contribution >= 4 is 15.9 Å². The third-order valence-electron chi connectivity index (χ3n) is 6.99. The van der Waals surface area contributed by atoms with Crippen LogP contribution in [0.4, 0.5) is 0 Å². The standard InChI is InChI=1S/C29H43N2O5PSi/c1-9-34-37(32,35-10-2)22-26-19-28(30-31(26)20-23-14-16-27(33-6)17-15-23)25-13-11-12-24(18-25)21-36-38(7,8)29(3,4)5/h11-19H,9-10,20-22H2,1-8H3. The summed E-state index contributed by atoms with van der Waals surface area (Å²) in [6, 6.07) is 18.2. The first-order valence-corrected chi connectivity index (χ1v) is 17.8. The molecule has 0 aliphatic rings. The summed E-state index contributed by atoms with van der Waals surface area (Å²) in [5, 5.41) is 5.08. The fourth-order valence-corrected chi connectivity index (χ4v) is 6.44. The normalized spacial score (nSPS) is 12.6. The Bertz CT molecular complexity index is 1220. The number of hydrogen-bond acceptors (Lipinski definition) is 6. The van der Waals surface area contributed by atoms with Gasteiger partial charge in [0, 0.05) is 5.56 Å². The van der Waals surface area contributed by atoms with Gasteiger partial charge in [0.25, 0.3) is 0 Å². The minimum Gasteiger partial charge on any atom is -0.497 e. The maximum absolute atomic E-state index is 13.4. The molecule has 0 saturated carbocycles. The summed E-state index contributed by atoms with van der Waals surface area (Å²) >= 11 is 0. The molecule has 3 rings (SSSR count). The van der Waals surface area contributed by atoms with E-state index in [9.17, 15) is 4.57 Å². The largest absolute Gasteiger partial charge is 0.497 e. The van der Waals surface area contributed by atoms with E-state index in [4.69, 9.17) is 23.3 Å². The van der Waals surface area contributed by atoms with Crippen LogP contribution in [0.3, 0.4) is 0 Å². The van der Waals surface area contributed by atoms with Crippen molar-refractivity contribution in [1.29, 1.82) is 0 Å². The van der Waals surface area contributed by atoms with Gasteiger partial charge in [-0.3, -0.25) is 9.25 Å². The van der Waals surface area contributed by atoms with Crippen molar-refractivity contribution in [3.8, 4) is 17.0 Å². The Morgan fingerprint density at radius 3 is 2.18 bits per heavy atom. The molecule has 0 aliphatic heterocycles. The Labute approximate surface area is 229 Å². The number of rotatable bonds is 13. The maximum Gasteiger partial charge on any atom is 0.336 e. The van der Waals surface area contributed by atoms with Crippen LogP contribution in [0, 0.1) is 0 Å². The topological polar surface area (TPSA) is 71.8 Å². The van der Waals surface area contributed by atoms with Gasteiger partial charge in [-0.25, -0.2) is 0 Å². The fourth-order valence-electron chi connectivity index (χ4n) is 3.79. The number of ether oxygens (including phenoxy) is 1. The van der Waals surface area contributed by atoms with Crippen molar-refractivity contribution in [3.63, 3.8) is 0 Å². The molecule has 0 aliphatic carbocycles. The van der Waals surface area contributed by atoms with Gasteiger partial charge in [-0.1, -0.05) is 51.1 Å². The van der Waals surface area contributed by atoms with Gasteiger partial charge < -0.3 is 18.2 Å². The second-order valence-electron chi connectivity index (χ2n) is 10.9. The van der Waals surface area contributed by atoms with Crippen LogP contribution in [0.5, 0.6) is 5.75 Å². The van der Waals surface area contributed by atoms with Crippen molar-refractivity contribution in [3.05, 3.63) is 71.4 Å². The zero-order valence-electron chi connectivity index (χ0n) is 24.1. The van der Waals surface area contributed by atoms with E-state index >= 15 is 0 Å². The van der Waals surface area contributed by atoms with Crippen molar-refractivity contribution in [1.82, 2.24) is 9.78 Å². The number of methoxy groups -OCH3 is 1. The van der Waals surface area contributed by atoms with Crippen molar-refractivity contribution in [2.45, 2.75) is 72.1 Å². The molecule has 208 valence electrons. The Hall–Kier alpha value is -2.22. The Balaban J connectivity index is 1.94. The molecule has 0 saturated heterocycles. The highest BCUT2D eigenvalue weighted by atomic mass is 31.2. The summed E-state index contributed by atoms with van der Waals surface area (Å²) in [5.74, 6) is 0.795. The molecular weight excluding hydrogens is 515 g/mol. The molecule has 1 aromatic heterocycles. The van der Waals surface area contributed by atoms with E-state index in [0.29, 0.717) is 26.4 Å². The fraction of sp³-hybridized carbons (Fsp3) is 0.483. The summed E-state index contributed by atoms with van der Waals surface area (Å²) < 4.78 is 38.2. The molecule has 0 spiro atoms. The van der Waals surface area contributed by atoms with E-state index in [0.717, 1.165) is 33.8 Å². The first-order valence-electron chi connectivity index (χ1n) is 13.2. The lowest BCUT2D eigenvalue weighted by atomic mass is 10.1. The zero-order chi connectivity index (χ0) is 28.0. The Morgan fingerprint density at radius 2 is 1.61 bits per heavy atom. The molecule has 7 nitrogen and oxygen atoms in total. The zero-order valence-corrected chi connectivity index (χ0v) is 26.0. The van der Waals surface area contributed by atoms with Crippen LogP contribution in [0.25, 0.3) is 11.3 Å². The first kappa shape index (κ1) is 30.3. The molecule has 0 N–H and O–H groups in total. The SMILES string of the molecule is CCOP(=O)(Cc1cc(-c2cccc(CO[Si](C)(C)C(C)(C)C)c2)nn1Cc1ccc(OC)cc1)OCC. The van der Waals surface area contributed by atoms with Crippen LogP contribution < -0.4 is 4.74 Å². The van der Waals surface area contributed by atoms with Gasteiger partial charge in [0.05, 0.1) is 51.0 Å². The van der Waals surface area contributed by atoms with Gasteiger partial charge in [-0.05, 0) is 67.4 Å². The van der Waals surface area contributed by atoms with E-state index in [1.165, 1.54) is 0 Å². The molecule has 1 heterocycles. The second kappa shape index (κ2) is 12.8. The number of aromatic nitrogens is 2. The van der Waals surface area contributed by atoms with Gasteiger partial charge in [0.1, 0.15) is 5.75 Å². The molecule has 9 heteroatoms. The lowest BCUT2D eigenvalue weighted by Gasteiger charge is -2.36. The van der Waals surface area contributed by atoms with Gasteiger partial charge in [0.2, 0.25) is 0 Å². The van der Waals surface area contributed by atoms with E-state index in [2.05, 4.69) is 46.0 Å². The predicted octanol–water partition coefficient (Wildman–Crippen LogP) is 7.89. The monoisotopic (exact) mass is 558 g/mol. The van der Waals surface area contributed by atoms with Gasteiger partial charge in [0.15, 0.2) is 8.32 Å². The van der Waals surface area contributed by atoms with Gasteiger partial charge in [-0.2, -0.15) is 5.10 Å². The highest BCUT2D eigenvalue weighted by molar-refractivity contribution is 7.53.